The Hall–Kier alpha value is -1.15. The third-order valence-electron chi connectivity index (χ3n) is 1.64. The maximum atomic E-state index is 7.10. The van der Waals surface area contributed by atoms with Crippen molar-refractivity contribution in [2.45, 2.75) is 13.0 Å². The molecule has 0 aliphatic rings. The molecule has 0 heterocycles. The van der Waals surface area contributed by atoms with Crippen LogP contribution in [0.25, 0.3) is 0 Å². The first-order valence-electron chi connectivity index (χ1n) is 3.60. The van der Waals surface area contributed by atoms with Gasteiger partial charge in [0.05, 0.1) is 0 Å². The highest BCUT2D eigenvalue weighted by molar-refractivity contribution is 5.79. The zero-order valence-corrected chi connectivity index (χ0v) is 6.54. The van der Waals surface area contributed by atoms with Gasteiger partial charge in [-0.3, -0.25) is 0 Å². The van der Waals surface area contributed by atoms with Gasteiger partial charge in [0, 0.05) is 12.3 Å². The van der Waals surface area contributed by atoms with E-state index in [2.05, 4.69) is 0 Å². The standard InChI is InChI=1S/C9H12N2/c1-7(11)9-5-3-2-4-8(9)6-10/h2-7,10H,11H2,1H3. The Balaban J connectivity index is 3.12. The summed E-state index contributed by atoms with van der Waals surface area (Å²) < 4.78 is 0. The van der Waals surface area contributed by atoms with Crippen molar-refractivity contribution in [3.05, 3.63) is 35.4 Å². The Kier molecular flexibility index (Phi) is 2.39. The Morgan fingerprint density at radius 2 is 2.09 bits per heavy atom. The molecule has 0 fully saturated rings. The van der Waals surface area contributed by atoms with Crippen LogP contribution in [0.3, 0.4) is 0 Å². The SMILES string of the molecule is CC(N)c1ccccc1C=N. The number of nitrogens with two attached hydrogens (primary N) is 1. The van der Waals surface area contributed by atoms with Gasteiger partial charge in [0.2, 0.25) is 0 Å². The predicted octanol–water partition coefficient (Wildman–Crippen LogP) is 1.70. The largest absolute Gasteiger partial charge is 0.324 e. The van der Waals surface area contributed by atoms with Crippen LogP contribution < -0.4 is 5.73 Å². The number of nitrogens with one attached hydrogen (secondary N) is 1. The molecule has 11 heavy (non-hydrogen) atoms. The molecule has 2 nitrogen and oxygen atoms in total. The van der Waals surface area contributed by atoms with Gasteiger partial charge in [0.15, 0.2) is 0 Å². The van der Waals surface area contributed by atoms with Gasteiger partial charge in [-0.05, 0) is 18.1 Å². The lowest BCUT2D eigenvalue weighted by Crippen LogP contribution is -2.07. The third-order valence-corrected chi connectivity index (χ3v) is 1.64. The summed E-state index contributed by atoms with van der Waals surface area (Å²) in [5, 5.41) is 7.10. The summed E-state index contributed by atoms with van der Waals surface area (Å²) in [4.78, 5) is 0. The molecule has 0 spiro atoms. The first kappa shape index (κ1) is 7.95. The average Bonchev–Trinajstić information content (AvgIpc) is 2.04. The monoisotopic (exact) mass is 148 g/mol. The molecular weight excluding hydrogens is 136 g/mol. The Morgan fingerprint density at radius 1 is 1.45 bits per heavy atom. The minimum Gasteiger partial charge on any atom is -0.324 e. The van der Waals surface area contributed by atoms with Crippen LogP contribution in [-0.2, 0) is 0 Å². The van der Waals surface area contributed by atoms with Crippen LogP contribution in [-0.4, -0.2) is 6.21 Å². The molecule has 1 rings (SSSR count). The lowest BCUT2D eigenvalue weighted by molar-refractivity contribution is 0.816. The quantitative estimate of drug-likeness (QED) is 0.616. The lowest BCUT2D eigenvalue weighted by Gasteiger charge is -2.07. The summed E-state index contributed by atoms with van der Waals surface area (Å²) in [6.45, 7) is 1.92. The molecule has 1 aromatic carbocycles. The first-order valence-corrected chi connectivity index (χ1v) is 3.60. The highest BCUT2D eigenvalue weighted by atomic mass is 14.6. The zero-order chi connectivity index (χ0) is 8.27. The normalized spacial score (nSPS) is 12.5. The minimum atomic E-state index is 0.00722. The van der Waals surface area contributed by atoms with Crippen molar-refractivity contribution in [1.82, 2.24) is 0 Å². The van der Waals surface area contributed by atoms with Crippen molar-refractivity contribution >= 4 is 6.21 Å². The van der Waals surface area contributed by atoms with E-state index in [4.69, 9.17) is 11.1 Å². The molecule has 2 heteroatoms. The van der Waals surface area contributed by atoms with E-state index in [0.717, 1.165) is 11.1 Å². The molecule has 0 aromatic heterocycles. The molecule has 0 aliphatic heterocycles. The Labute approximate surface area is 66.6 Å². The van der Waals surface area contributed by atoms with Crippen LogP contribution in [0.5, 0.6) is 0 Å². The van der Waals surface area contributed by atoms with Crippen LogP contribution >= 0.6 is 0 Å². The van der Waals surface area contributed by atoms with Crippen molar-refractivity contribution in [2.24, 2.45) is 5.73 Å². The summed E-state index contributed by atoms with van der Waals surface area (Å²) >= 11 is 0. The Bertz CT molecular complexity index is 253. The van der Waals surface area contributed by atoms with E-state index in [-0.39, 0.29) is 6.04 Å². The van der Waals surface area contributed by atoms with Gasteiger partial charge in [0.25, 0.3) is 0 Å². The highest BCUT2D eigenvalue weighted by Crippen LogP contribution is 2.12. The fourth-order valence-corrected chi connectivity index (χ4v) is 1.06. The summed E-state index contributed by atoms with van der Waals surface area (Å²) in [6, 6.07) is 7.70. The second-order valence-corrected chi connectivity index (χ2v) is 2.56. The second-order valence-electron chi connectivity index (χ2n) is 2.56. The van der Waals surface area contributed by atoms with E-state index < -0.39 is 0 Å². The molecule has 0 saturated heterocycles. The van der Waals surface area contributed by atoms with E-state index >= 15 is 0 Å². The summed E-state index contributed by atoms with van der Waals surface area (Å²) in [5.41, 5.74) is 7.62. The summed E-state index contributed by atoms with van der Waals surface area (Å²) in [6.07, 6.45) is 1.33. The zero-order valence-electron chi connectivity index (χ0n) is 6.54. The van der Waals surface area contributed by atoms with Gasteiger partial charge in [-0.1, -0.05) is 24.3 Å². The van der Waals surface area contributed by atoms with Crippen molar-refractivity contribution in [2.75, 3.05) is 0 Å². The van der Waals surface area contributed by atoms with Gasteiger partial charge in [-0.2, -0.15) is 0 Å². The van der Waals surface area contributed by atoms with Crippen molar-refractivity contribution in [3.63, 3.8) is 0 Å². The van der Waals surface area contributed by atoms with Crippen LogP contribution in [0.1, 0.15) is 24.1 Å². The average molecular weight is 148 g/mol. The lowest BCUT2D eigenvalue weighted by atomic mass is 10.0. The molecule has 0 amide bonds. The molecule has 3 N–H and O–H groups in total. The van der Waals surface area contributed by atoms with Gasteiger partial charge < -0.3 is 11.1 Å². The van der Waals surface area contributed by atoms with E-state index in [0.29, 0.717) is 0 Å². The van der Waals surface area contributed by atoms with Crippen LogP contribution in [0.4, 0.5) is 0 Å². The van der Waals surface area contributed by atoms with Gasteiger partial charge in [-0.15, -0.1) is 0 Å². The molecule has 0 radical (unpaired) electrons. The number of hydrogen-bond donors (Lipinski definition) is 2. The van der Waals surface area contributed by atoms with Crippen molar-refractivity contribution in [1.29, 1.82) is 5.41 Å². The molecule has 1 atom stereocenters. The second kappa shape index (κ2) is 3.30. The third kappa shape index (κ3) is 1.65. The molecule has 0 bridgehead atoms. The molecular formula is C9H12N2. The van der Waals surface area contributed by atoms with Gasteiger partial charge >= 0.3 is 0 Å². The van der Waals surface area contributed by atoms with Crippen LogP contribution in [0.2, 0.25) is 0 Å². The van der Waals surface area contributed by atoms with E-state index in [1.54, 1.807) is 0 Å². The van der Waals surface area contributed by atoms with E-state index in [1.807, 2.05) is 31.2 Å². The molecule has 0 saturated carbocycles. The predicted molar refractivity (Wildman–Crippen MR) is 46.9 cm³/mol. The van der Waals surface area contributed by atoms with Gasteiger partial charge in [-0.25, -0.2) is 0 Å². The maximum Gasteiger partial charge on any atom is 0.0272 e. The van der Waals surface area contributed by atoms with Crippen molar-refractivity contribution < 1.29 is 0 Å². The molecule has 1 aromatic rings. The first-order chi connectivity index (χ1) is 5.25. The molecule has 0 aliphatic carbocycles. The maximum absolute atomic E-state index is 7.10. The van der Waals surface area contributed by atoms with Crippen molar-refractivity contribution in [3.8, 4) is 0 Å². The number of hydrogen-bond acceptors (Lipinski definition) is 2. The van der Waals surface area contributed by atoms with Gasteiger partial charge in [0.1, 0.15) is 0 Å². The molecule has 58 valence electrons. The van der Waals surface area contributed by atoms with Crippen LogP contribution in [0, 0.1) is 5.41 Å². The summed E-state index contributed by atoms with van der Waals surface area (Å²) in [7, 11) is 0. The molecule has 1 unspecified atom stereocenters. The van der Waals surface area contributed by atoms with E-state index in [1.165, 1.54) is 6.21 Å². The highest BCUT2D eigenvalue weighted by Gasteiger charge is 2.01. The van der Waals surface area contributed by atoms with E-state index in [9.17, 15) is 0 Å². The smallest absolute Gasteiger partial charge is 0.0272 e. The van der Waals surface area contributed by atoms with Crippen LogP contribution in [0.15, 0.2) is 24.3 Å². The minimum absolute atomic E-state index is 0.00722. The fourth-order valence-electron chi connectivity index (χ4n) is 1.06. The topological polar surface area (TPSA) is 49.9 Å². The fraction of sp³-hybridized carbons (Fsp3) is 0.222. The number of benzene rings is 1. The summed E-state index contributed by atoms with van der Waals surface area (Å²) in [5.74, 6) is 0. The Morgan fingerprint density at radius 3 is 2.55 bits per heavy atom. The number of rotatable bonds is 2.